The van der Waals surface area contributed by atoms with Crippen molar-refractivity contribution >= 4 is 31.9 Å². The number of rotatable bonds is 5. The Morgan fingerprint density at radius 3 is 2.38 bits per heavy atom. The third kappa shape index (κ3) is 3.69. The van der Waals surface area contributed by atoms with Gasteiger partial charge in [0.2, 0.25) is 15.9 Å². The average molecular weight is 445 g/mol. The number of hydrogen-bond donors (Lipinski definition) is 0. The van der Waals surface area contributed by atoms with Crippen LogP contribution in [0.4, 0.5) is 0 Å². The van der Waals surface area contributed by atoms with Crippen LogP contribution in [0.1, 0.15) is 19.4 Å². The summed E-state index contributed by atoms with van der Waals surface area (Å²) in [5.74, 6) is -0.0403. The lowest BCUT2D eigenvalue weighted by atomic mass is 10.2. The smallest absolute Gasteiger partial charge is 0.247 e. The van der Waals surface area contributed by atoms with Crippen LogP contribution in [0.15, 0.2) is 34.2 Å². The second kappa shape index (κ2) is 7.49. The normalized spacial score (nSPS) is 17.4. The summed E-state index contributed by atoms with van der Waals surface area (Å²) in [5.41, 5.74) is 0. The van der Waals surface area contributed by atoms with E-state index in [2.05, 4.69) is 26.1 Å². The molecular formula is C15H21BrN6O3S. The molecule has 1 unspecified atom stereocenters. The molecule has 0 aromatic carbocycles. The number of aryl methyl sites for hydroxylation is 1. The number of aromatic nitrogens is 4. The van der Waals surface area contributed by atoms with Crippen LogP contribution >= 0.6 is 15.9 Å². The van der Waals surface area contributed by atoms with E-state index in [-0.39, 0.29) is 29.9 Å². The predicted molar refractivity (Wildman–Crippen MR) is 97.8 cm³/mol. The Kier molecular flexibility index (Phi) is 5.49. The molecule has 2 aromatic heterocycles. The highest BCUT2D eigenvalue weighted by atomic mass is 79.9. The molecule has 1 atom stereocenters. The first kappa shape index (κ1) is 19.1. The van der Waals surface area contributed by atoms with Crippen molar-refractivity contribution in [1.82, 2.24) is 28.8 Å². The van der Waals surface area contributed by atoms with Gasteiger partial charge in [0.05, 0.1) is 16.9 Å². The first-order valence-electron chi connectivity index (χ1n) is 8.30. The molecule has 142 valence electrons. The van der Waals surface area contributed by atoms with Crippen molar-refractivity contribution in [3.63, 3.8) is 0 Å². The summed E-state index contributed by atoms with van der Waals surface area (Å²) >= 11 is 3.34. The van der Waals surface area contributed by atoms with Crippen LogP contribution in [-0.4, -0.2) is 69.3 Å². The van der Waals surface area contributed by atoms with Gasteiger partial charge in [0.15, 0.2) is 0 Å². The highest BCUT2D eigenvalue weighted by molar-refractivity contribution is 9.10. The van der Waals surface area contributed by atoms with Gasteiger partial charge >= 0.3 is 0 Å². The number of hydrogen-bond acceptors (Lipinski definition) is 5. The van der Waals surface area contributed by atoms with Gasteiger partial charge in [-0.25, -0.2) is 8.42 Å². The number of carbonyl (C=O) groups is 1. The highest BCUT2D eigenvalue weighted by Crippen LogP contribution is 2.21. The Balaban J connectivity index is 1.67. The van der Waals surface area contributed by atoms with Crippen LogP contribution in [-0.2, 0) is 21.9 Å². The van der Waals surface area contributed by atoms with Crippen LogP contribution in [0.25, 0.3) is 0 Å². The van der Waals surface area contributed by atoms with Crippen molar-refractivity contribution in [2.45, 2.75) is 24.3 Å². The molecule has 0 N–H and O–H groups in total. The number of sulfonamides is 1. The minimum Gasteiger partial charge on any atom is -0.338 e. The summed E-state index contributed by atoms with van der Waals surface area (Å²) in [6.07, 6.45) is 6.86. The maximum atomic E-state index is 12.8. The highest BCUT2D eigenvalue weighted by Gasteiger charge is 2.33. The molecule has 1 amide bonds. The Bertz CT molecular complexity index is 885. The van der Waals surface area contributed by atoms with Gasteiger partial charge in [-0.3, -0.25) is 14.2 Å². The zero-order valence-corrected chi connectivity index (χ0v) is 17.0. The van der Waals surface area contributed by atoms with Crippen molar-refractivity contribution in [3.05, 3.63) is 29.3 Å². The number of carbonyl (C=O) groups excluding carboxylic acids is 1. The van der Waals surface area contributed by atoms with Crippen LogP contribution in [0.2, 0.25) is 0 Å². The predicted octanol–water partition coefficient (Wildman–Crippen LogP) is 0.863. The molecule has 1 aliphatic rings. The standard InChI is InChI=1S/C15H21BrN6O3S/c1-3-14(22-10-12(16)8-18-22)15(23)20-4-6-21(7-5-20)26(24,25)13-9-17-19(2)11-13/h8-11,14H,3-7H2,1-2H3. The molecule has 0 bridgehead atoms. The maximum absolute atomic E-state index is 12.8. The summed E-state index contributed by atoms with van der Waals surface area (Å²) in [7, 11) is -1.90. The molecule has 9 nitrogen and oxygen atoms in total. The number of piperazine rings is 1. The molecule has 1 fully saturated rings. The molecule has 1 saturated heterocycles. The van der Waals surface area contributed by atoms with Gasteiger partial charge in [0.25, 0.3) is 0 Å². The topological polar surface area (TPSA) is 93.3 Å². The fourth-order valence-electron chi connectivity index (χ4n) is 3.00. The van der Waals surface area contributed by atoms with Crippen molar-refractivity contribution in [2.24, 2.45) is 7.05 Å². The number of halogens is 1. The second-order valence-electron chi connectivity index (χ2n) is 6.14. The van der Waals surface area contributed by atoms with Crippen LogP contribution < -0.4 is 0 Å². The summed E-state index contributed by atoms with van der Waals surface area (Å²) in [5, 5.41) is 8.13. The Labute approximate surface area is 160 Å². The van der Waals surface area contributed by atoms with Crippen molar-refractivity contribution in [1.29, 1.82) is 0 Å². The third-order valence-electron chi connectivity index (χ3n) is 4.43. The van der Waals surface area contributed by atoms with E-state index >= 15 is 0 Å². The van der Waals surface area contributed by atoms with E-state index in [9.17, 15) is 13.2 Å². The quantitative estimate of drug-likeness (QED) is 0.681. The molecule has 2 aromatic rings. The van der Waals surface area contributed by atoms with E-state index in [0.717, 1.165) is 4.47 Å². The Morgan fingerprint density at radius 2 is 1.88 bits per heavy atom. The molecule has 0 aliphatic carbocycles. The molecule has 3 heterocycles. The van der Waals surface area contributed by atoms with Gasteiger partial charge < -0.3 is 4.90 Å². The van der Waals surface area contributed by atoms with Gasteiger partial charge in [-0.2, -0.15) is 14.5 Å². The van der Waals surface area contributed by atoms with Crippen LogP contribution in [0, 0.1) is 0 Å². The second-order valence-corrected chi connectivity index (χ2v) is 9.00. The van der Waals surface area contributed by atoms with Crippen molar-refractivity contribution < 1.29 is 13.2 Å². The van der Waals surface area contributed by atoms with Gasteiger partial charge in [-0.05, 0) is 22.4 Å². The molecule has 0 spiro atoms. The summed E-state index contributed by atoms with van der Waals surface area (Å²) in [6, 6.07) is -0.386. The largest absolute Gasteiger partial charge is 0.338 e. The Hall–Kier alpha value is -1.72. The van der Waals surface area contributed by atoms with E-state index in [0.29, 0.717) is 19.5 Å². The minimum absolute atomic E-state index is 0.0403. The van der Waals surface area contributed by atoms with Crippen molar-refractivity contribution in [2.75, 3.05) is 26.2 Å². The lowest BCUT2D eigenvalue weighted by Crippen LogP contribution is -2.52. The number of nitrogens with zero attached hydrogens (tertiary/aromatic N) is 6. The van der Waals surface area contributed by atoms with E-state index in [1.165, 1.54) is 21.4 Å². The summed E-state index contributed by atoms with van der Waals surface area (Å²) < 4.78 is 30.6. The van der Waals surface area contributed by atoms with Gasteiger partial charge in [0, 0.05) is 45.6 Å². The maximum Gasteiger partial charge on any atom is 0.247 e. The van der Waals surface area contributed by atoms with E-state index in [1.807, 2.05) is 6.92 Å². The SMILES string of the molecule is CCC(C(=O)N1CCN(S(=O)(=O)c2cnn(C)c2)CC1)n1cc(Br)cn1. The fourth-order valence-corrected chi connectivity index (χ4v) is 4.71. The molecule has 0 saturated carbocycles. The van der Waals surface area contributed by atoms with Gasteiger partial charge in [0.1, 0.15) is 10.9 Å². The first-order chi connectivity index (χ1) is 12.3. The van der Waals surface area contributed by atoms with Crippen LogP contribution in [0.5, 0.6) is 0 Å². The van der Waals surface area contributed by atoms with Gasteiger partial charge in [-0.15, -0.1) is 0 Å². The van der Waals surface area contributed by atoms with Crippen molar-refractivity contribution in [3.8, 4) is 0 Å². The number of amides is 1. The van der Waals surface area contributed by atoms with Crippen LogP contribution in [0.3, 0.4) is 0 Å². The average Bonchev–Trinajstić information content (AvgIpc) is 3.24. The fraction of sp³-hybridized carbons (Fsp3) is 0.533. The molecule has 1 aliphatic heterocycles. The van der Waals surface area contributed by atoms with E-state index in [1.54, 1.807) is 29.0 Å². The summed E-state index contributed by atoms with van der Waals surface area (Å²) in [6.45, 7) is 3.18. The lowest BCUT2D eigenvalue weighted by molar-refractivity contribution is -0.136. The monoisotopic (exact) mass is 444 g/mol. The summed E-state index contributed by atoms with van der Waals surface area (Å²) in [4.78, 5) is 14.7. The zero-order valence-electron chi connectivity index (χ0n) is 14.6. The van der Waals surface area contributed by atoms with E-state index in [4.69, 9.17) is 0 Å². The lowest BCUT2D eigenvalue weighted by Gasteiger charge is -2.35. The molecule has 0 radical (unpaired) electrons. The first-order valence-corrected chi connectivity index (χ1v) is 10.5. The Morgan fingerprint density at radius 1 is 1.19 bits per heavy atom. The molecule has 11 heteroatoms. The molecule has 26 heavy (non-hydrogen) atoms. The molecule has 3 rings (SSSR count). The molecular weight excluding hydrogens is 424 g/mol. The minimum atomic E-state index is -3.58. The van der Waals surface area contributed by atoms with Gasteiger partial charge in [-0.1, -0.05) is 6.92 Å². The third-order valence-corrected chi connectivity index (χ3v) is 6.69. The zero-order chi connectivity index (χ0) is 18.9. The van der Waals surface area contributed by atoms with E-state index < -0.39 is 10.0 Å².